The molecule has 2 aromatic rings. The molecule has 172 valence electrons. The number of nitrogens with zero attached hydrogens (tertiary/aromatic N) is 5. The van der Waals surface area contributed by atoms with E-state index in [1.165, 1.54) is 12.1 Å². The smallest absolute Gasteiger partial charge is 0.194 e. The van der Waals surface area contributed by atoms with E-state index in [9.17, 15) is 4.39 Å². The van der Waals surface area contributed by atoms with E-state index >= 15 is 0 Å². The third-order valence-corrected chi connectivity index (χ3v) is 6.10. The van der Waals surface area contributed by atoms with Crippen LogP contribution in [0.25, 0.3) is 0 Å². The van der Waals surface area contributed by atoms with Gasteiger partial charge in [0.05, 0.1) is 12.6 Å². The predicted molar refractivity (Wildman–Crippen MR) is 125 cm³/mol. The summed E-state index contributed by atoms with van der Waals surface area (Å²) in [7, 11) is 3.95. The summed E-state index contributed by atoms with van der Waals surface area (Å²) in [5.74, 6) is 1.63. The largest absolute Gasteiger partial charge is 0.367 e. The number of aliphatic imine (C=N–C) groups is 1. The standard InChI is InChI=1S/C24H33FN6O/c1-18-16-31(17-22(32-18)20-5-7-21(25)8-6-20)24(26-2)28-15-19-4-9-23(27-14-19)30-12-10-29(3)11-13-30/h4-9,14,18,22H,10-13,15-17H2,1-3H3,(H,26,28). The Morgan fingerprint density at radius 2 is 1.88 bits per heavy atom. The average Bonchev–Trinajstić information content (AvgIpc) is 2.81. The summed E-state index contributed by atoms with van der Waals surface area (Å²) in [6, 6.07) is 10.8. The molecule has 0 radical (unpaired) electrons. The molecule has 0 aliphatic carbocycles. The Hall–Kier alpha value is -2.71. The van der Waals surface area contributed by atoms with Gasteiger partial charge in [0.2, 0.25) is 0 Å². The lowest BCUT2D eigenvalue weighted by Gasteiger charge is -2.38. The molecule has 4 rings (SSSR count). The molecular formula is C24H33FN6O. The molecule has 1 N–H and O–H groups in total. The molecular weight excluding hydrogens is 407 g/mol. The maximum atomic E-state index is 13.3. The van der Waals surface area contributed by atoms with E-state index in [1.807, 2.05) is 6.20 Å². The maximum absolute atomic E-state index is 13.3. The van der Waals surface area contributed by atoms with E-state index in [1.54, 1.807) is 19.2 Å². The van der Waals surface area contributed by atoms with Crippen molar-refractivity contribution in [2.75, 3.05) is 58.3 Å². The number of hydrogen-bond donors (Lipinski definition) is 1. The van der Waals surface area contributed by atoms with Gasteiger partial charge >= 0.3 is 0 Å². The van der Waals surface area contributed by atoms with Crippen LogP contribution in [-0.2, 0) is 11.3 Å². The van der Waals surface area contributed by atoms with Crippen LogP contribution in [0.2, 0.25) is 0 Å². The number of hydrogen-bond acceptors (Lipinski definition) is 5. The second-order valence-corrected chi connectivity index (χ2v) is 8.61. The van der Waals surface area contributed by atoms with Gasteiger partial charge in [-0.15, -0.1) is 0 Å². The molecule has 2 atom stereocenters. The number of aromatic nitrogens is 1. The fraction of sp³-hybridized carbons (Fsp3) is 0.500. The van der Waals surface area contributed by atoms with E-state index in [-0.39, 0.29) is 18.0 Å². The normalized spacial score (nSPS) is 22.8. The van der Waals surface area contributed by atoms with Gasteiger partial charge in [-0.05, 0) is 43.3 Å². The summed E-state index contributed by atoms with van der Waals surface area (Å²) in [4.78, 5) is 16.0. The van der Waals surface area contributed by atoms with Crippen molar-refractivity contribution in [1.29, 1.82) is 0 Å². The van der Waals surface area contributed by atoms with Crippen LogP contribution in [0.5, 0.6) is 0 Å². The zero-order valence-corrected chi connectivity index (χ0v) is 19.2. The van der Waals surface area contributed by atoms with Crippen molar-refractivity contribution < 1.29 is 9.13 Å². The fourth-order valence-electron chi connectivity index (χ4n) is 4.24. The number of pyridine rings is 1. The number of rotatable bonds is 4. The number of likely N-dealkylation sites (N-methyl/N-ethyl adjacent to an activating group) is 1. The number of benzene rings is 1. The lowest BCUT2D eigenvalue weighted by atomic mass is 10.1. The van der Waals surface area contributed by atoms with E-state index in [0.717, 1.165) is 55.6 Å². The summed E-state index contributed by atoms with van der Waals surface area (Å²) in [5, 5.41) is 3.46. The van der Waals surface area contributed by atoms with Gasteiger partial charge in [-0.1, -0.05) is 18.2 Å². The highest BCUT2D eigenvalue weighted by molar-refractivity contribution is 5.80. The minimum absolute atomic E-state index is 0.0434. The maximum Gasteiger partial charge on any atom is 0.194 e. The monoisotopic (exact) mass is 440 g/mol. The molecule has 2 saturated heterocycles. The molecule has 2 aliphatic heterocycles. The number of ether oxygens (including phenoxy) is 1. The van der Waals surface area contributed by atoms with Crippen molar-refractivity contribution in [3.05, 3.63) is 59.5 Å². The summed E-state index contributed by atoms with van der Waals surface area (Å²) < 4.78 is 19.4. The Labute approximate surface area is 189 Å². The van der Waals surface area contributed by atoms with E-state index in [4.69, 9.17) is 4.74 Å². The average molecular weight is 441 g/mol. The molecule has 0 saturated carbocycles. The predicted octanol–water partition coefficient (Wildman–Crippen LogP) is 2.51. The van der Waals surface area contributed by atoms with Crippen LogP contribution < -0.4 is 10.2 Å². The number of morpholine rings is 1. The zero-order chi connectivity index (χ0) is 22.5. The first-order valence-electron chi connectivity index (χ1n) is 11.3. The molecule has 2 aliphatic rings. The van der Waals surface area contributed by atoms with Gasteiger partial charge in [0.25, 0.3) is 0 Å². The second kappa shape index (κ2) is 10.3. The highest BCUT2D eigenvalue weighted by atomic mass is 19.1. The Morgan fingerprint density at radius 3 is 2.53 bits per heavy atom. The van der Waals surface area contributed by atoms with Crippen molar-refractivity contribution >= 4 is 11.8 Å². The van der Waals surface area contributed by atoms with Crippen LogP contribution >= 0.6 is 0 Å². The van der Waals surface area contributed by atoms with Crippen LogP contribution in [-0.4, -0.2) is 80.2 Å². The van der Waals surface area contributed by atoms with Crippen molar-refractivity contribution in [2.45, 2.75) is 25.7 Å². The lowest BCUT2D eigenvalue weighted by Crippen LogP contribution is -2.50. The quantitative estimate of drug-likeness (QED) is 0.583. The highest BCUT2D eigenvalue weighted by Crippen LogP contribution is 2.25. The molecule has 0 bridgehead atoms. The number of anilines is 1. The fourth-order valence-corrected chi connectivity index (χ4v) is 4.24. The number of halogens is 1. The molecule has 32 heavy (non-hydrogen) atoms. The van der Waals surface area contributed by atoms with Crippen molar-refractivity contribution in [3.8, 4) is 0 Å². The SMILES string of the molecule is CN=C(NCc1ccc(N2CCN(C)CC2)nc1)N1CC(C)OC(c2ccc(F)cc2)C1. The van der Waals surface area contributed by atoms with E-state index in [0.29, 0.717) is 13.1 Å². The Kier molecular flexibility index (Phi) is 7.22. The van der Waals surface area contributed by atoms with Gasteiger partial charge in [-0.3, -0.25) is 4.99 Å². The van der Waals surface area contributed by atoms with Gasteiger partial charge in [0.1, 0.15) is 17.7 Å². The molecule has 0 amide bonds. The van der Waals surface area contributed by atoms with Crippen molar-refractivity contribution in [1.82, 2.24) is 20.1 Å². The van der Waals surface area contributed by atoms with Crippen LogP contribution in [0.15, 0.2) is 47.6 Å². The summed E-state index contributed by atoms with van der Waals surface area (Å²) in [6.07, 6.45) is 1.86. The van der Waals surface area contributed by atoms with E-state index < -0.39 is 0 Å². The highest BCUT2D eigenvalue weighted by Gasteiger charge is 2.28. The van der Waals surface area contributed by atoms with E-state index in [2.05, 4.69) is 56.1 Å². The van der Waals surface area contributed by atoms with Crippen LogP contribution in [0.3, 0.4) is 0 Å². The lowest BCUT2D eigenvalue weighted by molar-refractivity contribution is -0.0605. The minimum atomic E-state index is -0.237. The van der Waals surface area contributed by atoms with Crippen LogP contribution in [0, 0.1) is 5.82 Å². The second-order valence-electron chi connectivity index (χ2n) is 8.61. The molecule has 2 fully saturated rings. The molecule has 7 nitrogen and oxygen atoms in total. The molecule has 1 aromatic carbocycles. The number of piperazine rings is 1. The van der Waals surface area contributed by atoms with Crippen molar-refractivity contribution in [3.63, 3.8) is 0 Å². The number of guanidine groups is 1. The molecule has 1 aromatic heterocycles. The first kappa shape index (κ1) is 22.5. The van der Waals surface area contributed by atoms with Gasteiger partial charge in [-0.25, -0.2) is 9.37 Å². The Morgan fingerprint density at radius 1 is 1.12 bits per heavy atom. The van der Waals surface area contributed by atoms with Gasteiger partial charge in [-0.2, -0.15) is 0 Å². The third-order valence-electron chi connectivity index (χ3n) is 6.10. The van der Waals surface area contributed by atoms with Gasteiger partial charge in [0, 0.05) is 52.5 Å². The Bertz CT molecular complexity index is 896. The first-order chi connectivity index (χ1) is 15.5. The number of nitrogens with one attached hydrogen (secondary N) is 1. The summed E-state index contributed by atoms with van der Waals surface area (Å²) in [6.45, 7) is 8.27. The molecule has 2 unspecified atom stereocenters. The summed E-state index contributed by atoms with van der Waals surface area (Å²) >= 11 is 0. The zero-order valence-electron chi connectivity index (χ0n) is 19.2. The van der Waals surface area contributed by atoms with Gasteiger partial charge in [0.15, 0.2) is 5.96 Å². The Balaban J connectivity index is 1.35. The van der Waals surface area contributed by atoms with Crippen LogP contribution in [0.4, 0.5) is 10.2 Å². The topological polar surface area (TPSA) is 56.2 Å². The van der Waals surface area contributed by atoms with Crippen LogP contribution in [0.1, 0.15) is 24.2 Å². The molecule has 8 heteroatoms. The third kappa shape index (κ3) is 5.55. The first-order valence-corrected chi connectivity index (χ1v) is 11.3. The van der Waals surface area contributed by atoms with Crippen molar-refractivity contribution in [2.24, 2.45) is 4.99 Å². The minimum Gasteiger partial charge on any atom is -0.367 e. The molecule has 0 spiro atoms. The van der Waals surface area contributed by atoms with Gasteiger partial charge < -0.3 is 24.8 Å². The molecule has 3 heterocycles. The summed E-state index contributed by atoms with van der Waals surface area (Å²) in [5.41, 5.74) is 2.09.